The minimum atomic E-state index is -0.413. The first kappa shape index (κ1) is 12.1. The Hall–Kier alpha value is -0.940. The number of rotatable bonds is 5. The van der Waals surface area contributed by atoms with Crippen LogP contribution in [-0.4, -0.2) is 16.9 Å². The van der Waals surface area contributed by atoms with E-state index < -0.39 is 6.04 Å². The van der Waals surface area contributed by atoms with Crippen molar-refractivity contribution in [1.29, 1.82) is 0 Å². The molecular weight excluding hydrogens is 210 g/mol. The van der Waals surface area contributed by atoms with E-state index in [1.54, 1.807) is 5.51 Å². The first-order chi connectivity index (χ1) is 7.09. The lowest BCUT2D eigenvalue weighted by molar-refractivity contribution is -0.122. The Morgan fingerprint density at radius 2 is 2.40 bits per heavy atom. The minimum absolute atomic E-state index is 0.100. The summed E-state index contributed by atoms with van der Waals surface area (Å²) >= 11 is 1.52. The van der Waals surface area contributed by atoms with Gasteiger partial charge in [0.05, 0.1) is 23.8 Å². The van der Waals surface area contributed by atoms with Gasteiger partial charge in [-0.3, -0.25) is 4.79 Å². The molecule has 1 unspecified atom stereocenters. The van der Waals surface area contributed by atoms with Gasteiger partial charge in [0.2, 0.25) is 5.91 Å². The monoisotopic (exact) mass is 227 g/mol. The summed E-state index contributed by atoms with van der Waals surface area (Å²) in [6.45, 7) is 4.56. The van der Waals surface area contributed by atoms with Crippen LogP contribution in [0.2, 0.25) is 0 Å². The Morgan fingerprint density at radius 3 is 2.93 bits per heavy atom. The van der Waals surface area contributed by atoms with E-state index in [1.807, 2.05) is 19.2 Å². The Bertz CT molecular complexity index is 298. The lowest BCUT2D eigenvalue weighted by Crippen LogP contribution is -2.41. The molecule has 0 saturated carbocycles. The van der Waals surface area contributed by atoms with Gasteiger partial charge in [0.25, 0.3) is 0 Å². The van der Waals surface area contributed by atoms with Crippen molar-refractivity contribution in [3.63, 3.8) is 0 Å². The molecule has 84 valence electrons. The molecule has 1 aromatic rings. The molecule has 0 aromatic carbocycles. The summed E-state index contributed by atoms with van der Waals surface area (Å²) in [6.07, 6.45) is 0.711. The van der Waals surface area contributed by atoms with Crippen molar-refractivity contribution in [2.45, 2.75) is 32.9 Å². The molecule has 0 bridgehead atoms. The van der Waals surface area contributed by atoms with Crippen LogP contribution in [0.25, 0.3) is 0 Å². The summed E-state index contributed by atoms with van der Waals surface area (Å²) < 4.78 is 0. The van der Waals surface area contributed by atoms with Crippen LogP contribution in [0.5, 0.6) is 0 Å². The fourth-order valence-corrected chi connectivity index (χ4v) is 1.81. The van der Waals surface area contributed by atoms with Crippen LogP contribution < -0.4 is 11.1 Å². The molecule has 1 atom stereocenters. The molecule has 1 heterocycles. The Morgan fingerprint density at radius 1 is 1.67 bits per heavy atom. The molecule has 1 aromatic heterocycles. The molecule has 4 nitrogen and oxygen atoms in total. The molecule has 0 spiro atoms. The van der Waals surface area contributed by atoms with E-state index in [0.29, 0.717) is 18.9 Å². The lowest BCUT2D eigenvalue weighted by Gasteiger charge is -2.13. The van der Waals surface area contributed by atoms with Crippen LogP contribution >= 0.6 is 11.3 Å². The molecule has 0 fully saturated rings. The third kappa shape index (κ3) is 4.40. The second-order valence-corrected chi connectivity index (χ2v) is 4.65. The molecule has 3 N–H and O–H groups in total. The van der Waals surface area contributed by atoms with Crippen molar-refractivity contribution >= 4 is 17.2 Å². The van der Waals surface area contributed by atoms with Crippen LogP contribution in [0.1, 0.15) is 26.0 Å². The van der Waals surface area contributed by atoms with Gasteiger partial charge in [-0.05, 0) is 12.3 Å². The standard InChI is InChI=1S/C10H17N3OS/c1-7(2)3-9(11)10(14)12-4-8-5-15-6-13-8/h5-7,9H,3-4,11H2,1-2H3,(H,12,14). The fraction of sp³-hybridized carbons (Fsp3) is 0.600. The normalized spacial score (nSPS) is 12.8. The second-order valence-electron chi connectivity index (χ2n) is 3.93. The van der Waals surface area contributed by atoms with E-state index in [9.17, 15) is 4.79 Å². The maximum Gasteiger partial charge on any atom is 0.237 e. The fourth-order valence-electron chi connectivity index (χ4n) is 1.25. The highest BCUT2D eigenvalue weighted by Crippen LogP contribution is 2.03. The molecule has 1 rings (SSSR count). The van der Waals surface area contributed by atoms with E-state index in [-0.39, 0.29) is 5.91 Å². The summed E-state index contributed by atoms with van der Waals surface area (Å²) in [5.41, 5.74) is 8.35. The summed E-state index contributed by atoms with van der Waals surface area (Å²) in [7, 11) is 0. The van der Waals surface area contributed by atoms with Crippen LogP contribution in [0.3, 0.4) is 0 Å². The van der Waals surface area contributed by atoms with Gasteiger partial charge >= 0.3 is 0 Å². The second kappa shape index (κ2) is 5.82. The first-order valence-electron chi connectivity index (χ1n) is 5.00. The number of nitrogens with one attached hydrogen (secondary N) is 1. The molecule has 0 radical (unpaired) electrons. The Balaban J connectivity index is 2.29. The smallest absolute Gasteiger partial charge is 0.237 e. The maximum absolute atomic E-state index is 11.5. The van der Waals surface area contributed by atoms with Crippen LogP contribution in [-0.2, 0) is 11.3 Å². The number of hydrogen-bond acceptors (Lipinski definition) is 4. The largest absolute Gasteiger partial charge is 0.349 e. The van der Waals surface area contributed by atoms with Gasteiger partial charge in [-0.2, -0.15) is 0 Å². The number of nitrogens with two attached hydrogens (primary N) is 1. The van der Waals surface area contributed by atoms with Crippen molar-refractivity contribution < 1.29 is 4.79 Å². The highest BCUT2D eigenvalue weighted by molar-refractivity contribution is 7.07. The molecule has 15 heavy (non-hydrogen) atoms. The van der Waals surface area contributed by atoms with Gasteiger partial charge in [0.1, 0.15) is 0 Å². The van der Waals surface area contributed by atoms with Gasteiger partial charge in [0, 0.05) is 5.38 Å². The van der Waals surface area contributed by atoms with Gasteiger partial charge in [-0.15, -0.1) is 11.3 Å². The third-order valence-electron chi connectivity index (χ3n) is 1.99. The number of thiazole rings is 1. The quantitative estimate of drug-likeness (QED) is 0.792. The molecule has 0 aliphatic heterocycles. The third-order valence-corrected chi connectivity index (χ3v) is 2.62. The average Bonchev–Trinajstić information content (AvgIpc) is 2.65. The highest BCUT2D eigenvalue weighted by Gasteiger charge is 2.14. The molecular formula is C10H17N3OS. The van der Waals surface area contributed by atoms with Crippen molar-refractivity contribution in [3.8, 4) is 0 Å². The molecule has 0 aliphatic rings. The number of hydrogen-bond donors (Lipinski definition) is 2. The van der Waals surface area contributed by atoms with Crippen molar-refractivity contribution in [2.75, 3.05) is 0 Å². The van der Waals surface area contributed by atoms with E-state index >= 15 is 0 Å². The molecule has 0 aliphatic carbocycles. The van der Waals surface area contributed by atoms with E-state index in [4.69, 9.17) is 5.73 Å². The average molecular weight is 227 g/mol. The zero-order chi connectivity index (χ0) is 11.3. The van der Waals surface area contributed by atoms with Gasteiger partial charge in [-0.1, -0.05) is 13.8 Å². The van der Waals surface area contributed by atoms with Crippen molar-refractivity contribution in [1.82, 2.24) is 10.3 Å². The highest BCUT2D eigenvalue weighted by atomic mass is 32.1. The topological polar surface area (TPSA) is 68.0 Å². The summed E-state index contributed by atoms with van der Waals surface area (Å²) in [6, 6.07) is -0.413. The molecule has 5 heteroatoms. The van der Waals surface area contributed by atoms with E-state index in [1.165, 1.54) is 11.3 Å². The maximum atomic E-state index is 11.5. The van der Waals surface area contributed by atoms with E-state index in [2.05, 4.69) is 10.3 Å². The molecule has 1 amide bonds. The van der Waals surface area contributed by atoms with Crippen LogP contribution in [0.4, 0.5) is 0 Å². The van der Waals surface area contributed by atoms with Gasteiger partial charge in [-0.25, -0.2) is 4.98 Å². The zero-order valence-electron chi connectivity index (χ0n) is 9.06. The predicted octanol–water partition coefficient (Wildman–Crippen LogP) is 1.13. The summed E-state index contributed by atoms with van der Waals surface area (Å²) in [5, 5.41) is 4.68. The predicted molar refractivity (Wildman–Crippen MR) is 61.4 cm³/mol. The van der Waals surface area contributed by atoms with Gasteiger partial charge < -0.3 is 11.1 Å². The van der Waals surface area contributed by atoms with Crippen LogP contribution in [0, 0.1) is 5.92 Å². The van der Waals surface area contributed by atoms with Crippen molar-refractivity contribution in [3.05, 3.63) is 16.6 Å². The number of aromatic nitrogens is 1. The number of amides is 1. The SMILES string of the molecule is CC(C)CC(N)C(=O)NCc1cscn1. The van der Waals surface area contributed by atoms with Crippen molar-refractivity contribution in [2.24, 2.45) is 11.7 Å². The van der Waals surface area contributed by atoms with E-state index in [0.717, 1.165) is 5.69 Å². The lowest BCUT2D eigenvalue weighted by atomic mass is 10.0. The van der Waals surface area contributed by atoms with Crippen LogP contribution in [0.15, 0.2) is 10.9 Å². The summed E-state index contributed by atoms with van der Waals surface area (Å²) in [5.74, 6) is 0.335. The Labute approximate surface area is 93.9 Å². The zero-order valence-corrected chi connectivity index (χ0v) is 9.88. The number of nitrogens with zero attached hydrogens (tertiary/aromatic N) is 1. The number of carbonyl (C=O) groups is 1. The Kier molecular flexibility index (Phi) is 4.71. The van der Waals surface area contributed by atoms with Gasteiger partial charge in [0.15, 0.2) is 0 Å². The summed E-state index contributed by atoms with van der Waals surface area (Å²) in [4.78, 5) is 15.6. The molecule has 0 saturated heterocycles. The minimum Gasteiger partial charge on any atom is -0.349 e. The first-order valence-corrected chi connectivity index (χ1v) is 5.94. The number of carbonyl (C=O) groups excluding carboxylic acids is 1.